The van der Waals surface area contributed by atoms with Gasteiger partial charge < -0.3 is 10.0 Å². The maximum absolute atomic E-state index is 13.2. The Balaban J connectivity index is 1.49. The summed E-state index contributed by atoms with van der Waals surface area (Å²) in [5.74, 6) is 0.444. The second-order valence-corrected chi connectivity index (χ2v) is 7.79. The van der Waals surface area contributed by atoms with Gasteiger partial charge in [-0.1, -0.05) is 12.1 Å². The van der Waals surface area contributed by atoms with Crippen molar-refractivity contribution in [2.24, 2.45) is 0 Å². The van der Waals surface area contributed by atoms with Crippen molar-refractivity contribution in [2.45, 2.75) is 49.9 Å². The van der Waals surface area contributed by atoms with Gasteiger partial charge in [0.15, 0.2) is 0 Å². The van der Waals surface area contributed by atoms with Crippen molar-refractivity contribution < 1.29 is 9.50 Å². The quantitative estimate of drug-likeness (QED) is 0.913. The van der Waals surface area contributed by atoms with Crippen LogP contribution < -0.4 is 4.90 Å². The minimum atomic E-state index is -0.860. The number of hydrogen-bond donors (Lipinski definition) is 1. The lowest BCUT2D eigenvalue weighted by atomic mass is 9.80. The van der Waals surface area contributed by atoms with E-state index in [1.54, 1.807) is 12.1 Å². The Morgan fingerprint density at radius 3 is 2.23 bits per heavy atom. The number of rotatable bonds is 4. The van der Waals surface area contributed by atoms with Crippen molar-refractivity contribution >= 4 is 5.95 Å². The van der Waals surface area contributed by atoms with Crippen LogP contribution in [0, 0.1) is 5.82 Å². The number of hydrogen-bond acceptors (Lipinski definition) is 5. The summed E-state index contributed by atoms with van der Waals surface area (Å²) >= 11 is 0. The second-order valence-electron chi connectivity index (χ2n) is 7.79. The molecule has 0 aliphatic carbocycles. The van der Waals surface area contributed by atoms with Gasteiger partial charge in [0.05, 0.1) is 5.60 Å². The summed E-state index contributed by atoms with van der Waals surface area (Å²) in [6.45, 7) is 0.808. The average Bonchev–Trinajstić information content (AvgIpc) is 2.86. The summed E-state index contributed by atoms with van der Waals surface area (Å²) in [5.41, 5.74) is 1.07. The number of anilines is 1. The lowest BCUT2D eigenvalue weighted by Crippen LogP contribution is -2.49. The molecular weight excluding hydrogens is 331 g/mol. The van der Waals surface area contributed by atoms with Crippen molar-refractivity contribution in [1.82, 2.24) is 14.9 Å². The number of fused-ring (bicyclic) bond motifs is 2. The van der Waals surface area contributed by atoms with Gasteiger partial charge in [0.25, 0.3) is 0 Å². The summed E-state index contributed by atoms with van der Waals surface area (Å²) in [7, 11) is 3.85. The van der Waals surface area contributed by atoms with Crippen LogP contribution in [0.1, 0.15) is 36.8 Å². The van der Waals surface area contributed by atoms with E-state index in [1.807, 2.05) is 31.4 Å². The minimum absolute atomic E-state index is 0.265. The first-order chi connectivity index (χ1) is 12.4. The van der Waals surface area contributed by atoms with E-state index in [9.17, 15) is 9.50 Å². The molecule has 0 amide bonds. The van der Waals surface area contributed by atoms with Gasteiger partial charge in [-0.3, -0.25) is 4.90 Å². The van der Waals surface area contributed by atoms with Gasteiger partial charge in [-0.2, -0.15) is 0 Å². The number of nitrogens with zero attached hydrogens (tertiary/aromatic N) is 4. The molecule has 5 nitrogen and oxygen atoms in total. The van der Waals surface area contributed by atoms with E-state index >= 15 is 0 Å². The van der Waals surface area contributed by atoms with Crippen LogP contribution in [0.5, 0.6) is 0 Å². The number of halogens is 1. The third-order valence-electron chi connectivity index (χ3n) is 5.76. The molecule has 2 atom stereocenters. The predicted molar refractivity (Wildman–Crippen MR) is 98.2 cm³/mol. The van der Waals surface area contributed by atoms with Crippen LogP contribution in [0.4, 0.5) is 10.3 Å². The summed E-state index contributed by atoms with van der Waals surface area (Å²) in [4.78, 5) is 13.2. The van der Waals surface area contributed by atoms with E-state index in [0.717, 1.165) is 30.5 Å². The van der Waals surface area contributed by atoms with Gasteiger partial charge in [0.2, 0.25) is 5.95 Å². The van der Waals surface area contributed by atoms with E-state index in [4.69, 9.17) is 0 Å². The molecular formula is C20H25FN4O. The van der Waals surface area contributed by atoms with Crippen molar-refractivity contribution in [1.29, 1.82) is 0 Å². The fraction of sp³-hybridized carbons (Fsp3) is 0.500. The Kier molecular flexibility index (Phi) is 4.40. The Labute approximate surface area is 153 Å². The second kappa shape index (κ2) is 6.59. The van der Waals surface area contributed by atoms with Gasteiger partial charge in [-0.25, -0.2) is 14.4 Å². The topological polar surface area (TPSA) is 52.5 Å². The number of piperidine rings is 1. The molecule has 1 aromatic carbocycles. The van der Waals surface area contributed by atoms with Gasteiger partial charge in [0.1, 0.15) is 5.82 Å². The molecule has 0 saturated carbocycles. The molecule has 0 radical (unpaired) electrons. The Bertz CT molecular complexity index is 748. The standard InChI is InChI=1S/C20H25FN4O/c1-24(2)19-22-11-14(12-23-19)13-25-17-7-8-18(25)10-20(26,9-17)15-3-5-16(21)6-4-15/h3-6,11-12,17-18,26H,7-10,13H2,1-2H3/t17-,18-/m0/s1. The van der Waals surface area contributed by atoms with Crippen LogP contribution in [-0.2, 0) is 12.1 Å². The van der Waals surface area contributed by atoms with E-state index in [1.165, 1.54) is 12.1 Å². The molecule has 0 unspecified atom stereocenters. The van der Waals surface area contributed by atoms with E-state index in [0.29, 0.717) is 30.9 Å². The summed E-state index contributed by atoms with van der Waals surface area (Å²) in [6, 6.07) is 6.97. The van der Waals surface area contributed by atoms with Crippen LogP contribution in [0.2, 0.25) is 0 Å². The largest absolute Gasteiger partial charge is 0.385 e. The molecule has 0 spiro atoms. The first-order valence-electron chi connectivity index (χ1n) is 9.17. The van der Waals surface area contributed by atoms with Crippen molar-refractivity contribution in [3.63, 3.8) is 0 Å². The smallest absolute Gasteiger partial charge is 0.224 e. The molecule has 26 heavy (non-hydrogen) atoms. The van der Waals surface area contributed by atoms with Crippen LogP contribution >= 0.6 is 0 Å². The maximum atomic E-state index is 13.2. The number of aromatic nitrogens is 2. The molecule has 2 aliphatic rings. The van der Waals surface area contributed by atoms with E-state index < -0.39 is 5.60 Å². The Morgan fingerprint density at radius 2 is 1.69 bits per heavy atom. The summed E-state index contributed by atoms with van der Waals surface area (Å²) < 4.78 is 13.2. The maximum Gasteiger partial charge on any atom is 0.224 e. The van der Waals surface area contributed by atoms with Crippen molar-refractivity contribution in [2.75, 3.05) is 19.0 Å². The molecule has 2 aliphatic heterocycles. The highest BCUT2D eigenvalue weighted by Gasteiger charge is 2.48. The molecule has 2 fully saturated rings. The number of aliphatic hydroxyl groups is 1. The zero-order valence-corrected chi connectivity index (χ0v) is 15.3. The van der Waals surface area contributed by atoms with Crippen LogP contribution in [0.15, 0.2) is 36.7 Å². The summed E-state index contributed by atoms with van der Waals surface area (Å²) in [6.07, 6.45) is 7.33. The van der Waals surface area contributed by atoms with Gasteiger partial charge in [-0.05, 0) is 43.4 Å². The highest BCUT2D eigenvalue weighted by molar-refractivity contribution is 5.28. The molecule has 1 aromatic heterocycles. The number of benzene rings is 1. The SMILES string of the molecule is CN(C)c1ncc(CN2[C@H]3CC[C@H]2CC(O)(c2ccc(F)cc2)C3)cn1. The third kappa shape index (κ3) is 3.19. The van der Waals surface area contributed by atoms with Crippen molar-refractivity contribution in [3.05, 3.63) is 53.6 Å². The Morgan fingerprint density at radius 1 is 1.12 bits per heavy atom. The van der Waals surface area contributed by atoms with E-state index in [2.05, 4.69) is 14.9 Å². The fourth-order valence-corrected chi connectivity index (χ4v) is 4.44. The minimum Gasteiger partial charge on any atom is -0.385 e. The molecule has 2 saturated heterocycles. The third-order valence-corrected chi connectivity index (χ3v) is 5.76. The normalized spacial score (nSPS) is 28.3. The average molecular weight is 356 g/mol. The highest BCUT2D eigenvalue weighted by Crippen LogP contribution is 2.46. The Hall–Kier alpha value is -2.05. The van der Waals surface area contributed by atoms with E-state index in [-0.39, 0.29) is 5.82 Å². The summed E-state index contributed by atoms with van der Waals surface area (Å²) in [5, 5.41) is 11.2. The van der Waals surface area contributed by atoms with Crippen LogP contribution in [-0.4, -0.2) is 46.2 Å². The molecule has 3 heterocycles. The monoisotopic (exact) mass is 356 g/mol. The lowest BCUT2D eigenvalue weighted by molar-refractivity contribution is -0.0595. The first kappa shape index (κ1) is 17.4. The fourth-order valence-electron chi connectivity index (χ4n) is 4.44. The highest BCUT2D eigenvalue weighted by atomic mass is 19.1. The predicted octanol–water partition coefficient (Wildman–Crippen LogP) is 2.70. The molecule has 2 bridgehead atoms. The van der Waals surface area contributed by atoms with Gasteiger partial charge in [0, 0.05) is 50.7 Å². The lowest BCUT2D eigenvalue weighted by Gasteiger charge is -2.44. The zero-order valence-electron chi connectivity index (χ0n) is 15.3. The first-order valence-corrected chi connectivity index (χ1v) is 9.17. The molecule has 6 heteroatoms. The molecule has 4 rings (SSSR count). The molecule has 138 valence electrons. The van der Waals surface area contributed by atoms with Gasteiger partial charge in [-0.15, -0.1) is 0 Å². The van der Waals surface area contributed by atoms with Crippen LogP contribution in [0.25, 0.3) is 0 Å². The molecule has 2 aromatic rings. The van der Waals surface area contributed by atoms with Gasteiger partial charge >= 0.3 is 0 Å². The van der Waals surface area contributed by atoms with Crippen LogP contribution in [0.3, 0.4) is 0 Å². The van der Waals surface area contributed by atoms with Crippen molar-refractivity contribution in [3.8, 4) is 0 Å². The zero-order chi connectivity index (χ0) is 18.3. The molecule has 1 N–H and O–H groups in total.